The van der Waals surface area contributed by atoms with E-state index in [0.29, 0.717) is 28.3 Å². The second-order valence-corrected chi connectivity index (χ2v) is 5.69. The number of hydrogen-bond donors (Lipinski definition) is 1. The van der Waals surface area contributed by atoms with Crippen LogP contribution in [-0.4, -0.2) is 29.8 Å². The summed E-state index contributed by atoms with van der Waals surface area (Å²) in [7, 11) is 1.54. The quantitative estimate of drug-likeness (QED) is 0.769. The minimum atomic E-state index is -0.303. The van der Waals surface area contributed by atoms with Crippen LogP contribution in [0, 0.1) is 0 Å². The van der Waals surface area contributed by atoms with Gasteiger partial charge in [0.15, 0.2) is 11.5 Å². The highest BCUT2D eigenvalue weighted by Crippen LogP contribution is 2.36. The number of methoxy groups -OCH3 is 1. The summed E-state index contributed by atoms with van der Waals surface area (Å²) < 4.78 is 10.9. The van der Waals surface area contributed by atoms with Crippen LogP contribution in [0.15, 0.2) is 23.7 Å². The van der Waals surface area contributed by atoms with Crippen LogP contribution in [0.5, 0.6) is 11.5 Å². The van der Waals surface area contributed by atoms with Crippen molar-refractivity contribution in [3.8, 4) is 11.5 Å². The fraction of sp³-hybridized carbons (Fsp3) is 0.267. The topological polar surface area (TPSA) is 73.3 Å². The molecule has 0 aliphatic carbocycles. The summed E-state index contributed by atoms with van der Waals surface area (Å²) in [6.45, 7) is 2.56. The van der Waals surface area contributed by atoms with Gasteiger partial charge in [0.2, 0.25) is 11.0 Å². The Morgan fingerprint density at radius 2 is 2.30 bits per heavy atom. The number of hydrogen-bond acceptors (Lipinski definition) is 6. The average molecular weight is 354 g/mol. The molecule has 8 heteroatoms. The van der Waals surface area contributed by atoms with E-state index >= 15 is 0 Å². The Balaban J connectivity index is 2.11. The second kappa shape index (κ2) is 8.50. The van der Waals surface area contributed by atoms with E-state index in [1.165, 1.54) is 17.4 Å². The average Bonchev–Trinajstić information content (AvgIpc) is 3.04. The number of aromatic nitrogens is 2. The Morgan fingerprint density at radius 3 is 2.96 bits per heavy atom. The van der Waals surface area contributed by atoms with E-state index in [2.05, 4.69) is 15.5 Å². The predicted molar refractivity (Wildman–Crippen MR) is 91.4 cm³/mol. The van der Waals surface area contributed by atoms with Crippen LogP contribution in [0.4, 0.5) is 5.13 Å². The first-order valence-electron chi connectivity index (χ1n) is 6.89. The van der Waals surface area contributed by atoms with Gasteiger partial charge in [0.1, 0.15) is 5.51 Å². The maximum absolute atomic E-state index is 11.8. The number of rotatable bonds is 7. The standard InChI is InChI=1S/C15H16ClN3O3S/c1-3-6-22-14-11(16)7-10(8-12(14)21-2)4-5-13(20)18-15-19-17-9-23-15/h4-5,7-9H,3,6H2,1-2H3,(H,18,19,20)/b5-4+. The number of nitrogens with zero attached hydrogens (tertiary/aromatic N) is 2. The fourth-order valence-corrected chi connectivity index (χ4v) is 2.45. The molecule has 1 N–H and O–H groups in total. The summed E-state index contributed by atoms with van der Waals surface area (Å²) in [5.74, 6) is 0.727. The maximum atomic E-state index is 11.8. The number of anilines is 1. The molecule has 1 heterocycles. The molecule has 0 bridgehead atoms. The van der Waals surface area contributed by atoms with Crippen LogP contribution in [0.3, 0.4) is 0 Å². The SMILES string of the molecule is CCCOc1c(Cl)cc(/C=C/C(=O)Nc2nncs2)cc1OC. The van der Waals surface area contributed by atoms with Gasteiger partial charge in [-0.05, 0) is 30.2 Å². The van der Waals surface area contributed by atoms with Crippen LogP contribution in [0.2, 0.25) is 5.02 Å². The van der Waals surface area contributed by atoms with Crippen molar-refractivity contribution in [1.82, 2.24) is 10.2 Å². The monoisotopic (exact) mass is 353 g/mol. The van der Waals surface area contributed by atoms with Crippen molar-refractivity contribution >= 4 is 40.1 Å². The molecule has 6 nitrogen and oxygen atoms in total. The van der Waals surface area contributed by atoms with E-state index < -0.39 is 0 Å². The van der Waals surface area contributed by atoms with Gasteiger partial charge >= 0.3 is 0 Å². The van der Waals surface area contributed by atoms with Crippen molar-refractivity contribution in [3.05, 3.63) is 34.3 Å². The second-order valence-electron chi connectivity index (χ2n) is 4.45. The third kappa shape index (κ3) is 4.94. The summed E-state index contributed by atoms with van der Waals surface area (Å²) in [6.07, 6.45) is 3.89. The smallest absolute Gasteiger partial charge is 0.250 e. The third-order valence-electron chi connectivity index (χ3n) is 2.72. The molecular weight excluding hydrogens is 338 g/mol. The number of carbonyl (C=O) groups excluding carboxylic acids is 1. The first kappa shape index (κ1) is 17.2. The first-order valence-corrected chi connectivity index (χ1v) is 8.15. The van der Waals surface area contributed by atoms with Crippen LogP contribution in [0.25, 0.3) is 6.08 Å². The molecule has 0 aliphatic rings. The molecule has 0 unspecified atom stereocenters. The van der Waals surface area contributed by atoms with Gasteiger partial charge in [0.05, 0.1) is 18.7 Å². The van der Waals surface area contributed by atoms with Gasteiger partial charge in [-0.3, -0.25) is 10.1 Å². The fourth-order valence-electron chi connectivity index (χ4n) is 1.73. The number of nitrogens with one attached hydrogen (secondary N) is 1. The van der Waals surface area contributed by atoms with Gasteiger partial charge < -0.3 is 9.47 Å². The number of carbonyl (C=O) groups is 1. The van der Waals surface area contributed by atoms with Crippen LogP contribution >= 0.6 is 22.9 Å². The minimum absolute atomic E-state index is 0.303. The van der Waals surface area contributed by atoms with Crippen LogP contribution in [0.1, 0.15) is 18.9 Å². The van der Waals surface area contributed by atoms with E-state index in [-0.39, 0.29) is 5.91 Å². The molecule has 1 aromatic heterocycles. The highest BCUT2D eigenvalue weighted by molar-refractivity contribution is 7.13. The molecule has 0 spiro atoms. The molecule has 0 aliphatic heterocycles. The molecular formula is C15H16ClN3O3S. The van der Waals surface area contributed by atoms with Gasteiger partial charge in [0, 0.05) is 6.08 Å². The van der Waals surface area contributed by atoms with E-state index in [4.69, 9.17) is 21.1 Å². The summed E-state index contributed by atoms with van der Waals surface area (Å²) >= 11 is 7.47. The van der Waals surface area contributed by atoms with Crippen molar-refractivity contribution in [3.63, 3.8) is 0 Å². The maximum Gasteiger partial charge on any atom is 0.250 e. The lowest BCUT2D eigenvalue weighted by Gasteiger charge is -2.12. The Labute approximate surface area is 143 Å². The zero-order valence-electron chi connectivity index (χ0n) is 12.7. The molecule has 0 saturated heterocycles. The Kier molecular flexibility index (Phi) is 6.37. The van der Waals surface area contributed by atoms with Gasteiger partial charge in [-0.15, -0.1) is 10.2 Å². The lowest BCUT2D eigenvalue weighted by molar-refractivity contribution is -0.111. The molecule has 1 aromatic carbocycles. The minimum Gasteiger partial charge on any atom is -0.493 e. The lowest BCUT2D eigenvalue weighted by atomic mass is 10.2. The Hall–Kier alpha value is -2.12. The van der Waals surface area contributed by atoms with Crippen molar-refractivity contribution in [2.45, 2.75) is 13.3 Å². The third-order valence-corrected chi connectivity index (χ3v) is 3.61. The zero-order valence-corrected chi connectivity index (χ0v) is 14.3. The van der Waals surface area contributed by atoms with Crippen molar-refractivity contribution in [1.29, 1.82) is 0 Å². The highest BCUT2D eigenvalue weighted by atomic mass is 35.5. The summed E-state index contributed by atoms with van der Waals surface area (Å²) in [5.41, 5.74) is 2.27. The van der Waals surface area contributed by atoms with Gasteiger partial charge in [-0.2, -0.15) is 0 Å². The van der Waals surface area contributed by atoms with E-state index in [1.54, 1.807) is 30.8 Å². The Morgan fingerprint density at radius 1 is 1.48 bits per heavy atom. The van der Waals surface area contributed by atoms with Crippen LogP contribution < -0.4 is 14.8 Å². The molecule has 2 aromatic rings. The van der Waals surface area contributed by atoms with E-state index in [1.807, 2.05) is 6.92 Å². The number of amides is 1. The van der Waals surface area contributed by atoms with Gasteiger partial charge in [-0.25, -0.2) is 0 Å². The van der Waals surface area contributed by atoms with Crippen molar-refractivity contribution in [2.24, 2.45) is 0 Å². The van der Waals surface area contributed by atoms with Crippen LogP contribution in [-0.2, 0) is 4.79 Å². The molecule has 122 valence electrons. The number of ether oxygens (including phenoxy) is 2. The van der Waals surface area contributed by atoms with Crippen molar-refractivity contribution in [2.75, 3.05) is 19.0 Å². The molecule has 0 atom stereocenters. The number of benzene rings is 1. The van der Waals surface area contributed by atoms with Crippen molar-refractivity contribution < 1.29 is 14.3 Å². The van der Waals surface area contributed by atoms with E-state index in [0.717, 1.165) is 12.0 Å². The van der Waals surface area contributed by atoms with E-state index in [9.17, 15) is 4.79 Å². The zero-order chi connectivity index (χ0) is 16.7. The Bertz CT molecular complexity index is 690. The molecule has 1 amide bonds. The van der Waals surface area contributed by atoms with Gasteiger partial charge in [0.25, 0.3) is 0 Å². The lowest BCUT2D eigenvalue weighted by Crippen LogP contribution is -2.07. The summed E-state index contributed by atoms with van der Waals surface area (Å²) in [4.78, 5) is 11.8. The normalized spacial score (nSPS) is 10.7. The highest BCUT2D eigenvalue weighted by Gasteiger charge is 2.11. The van der Waals surface area contributed by atoms with Gasteiger partial charge in [-0.1, -0.05) is 29.9 Å². The molecule has 0 radical (unpaired) electrons. The molecule has 23 heavy (non-hydrogen) atoms. The summed E-state index contributed by atoms with van der Waals surface area (Å²) in [5, 5.41) is 10.9. The first-order chi connectivity index (χ1) is 11.1. The largest absolute Gasteiger partial charge is 0.493 e. The summed E-state index contributed by atoms with van der Waals surface area (Å²) in [6, 6.07) is 3.47. The predicted octanol–water partition coefficient (Wildman–Crippen LogP) is 3.64. The molecule has 0 fully saturated rings. The molecule has 0 saturated carbocycles. The molecule has 2 rings (SSSR count). The number of halogens is 1.